The van der Waals surface area contributed by atoms with Gasteiger partial charge in [0.2, 0.25) is 11.9 Å². The number of nitrogens with zero attached hydrogens (tertiary/aromatic N) is 5. The molecule has 2 aliphatic heterocycles. The van der Waals surface area contributed by atoms with Crippen LogP contribution in [-0.4, -0.2) is 49.3 Å². The third-order valence-electron chi connectivity index (χ3n) is 6.18. The SMILES string of the molecule is CCC(=O)N1CCc2nc(Nc3ncc(F)c(-c4cc5c(n4C)CCNC5=O)n3)ccc2C1. The first kappa shape index (κ1) is 21.0. The van der Waals surface area contributed by atoms with Gasteiger partial charge in [-0.25, -0.2) is 19.3 Å². The van der Waals surface area contributed by atoms with Crippen LogP contribution in [0.2, 0.25) is 0 Å². The largest absolute Gasteiger partial charge is 0.352 e. The zero-order valence-electron chi connectivity index (χ0n) is 18.5. The molecule has 3 aromatic rings. The van der Waals surface area contributed by atoms with Crippen LogP contribution < -0.4 is 10.6 Å². The van der Waals surface area contributed by atoms with Crippen molar-refractivity contribution in [1.82, 2.24) is 29.7 Å². The van der Waals surface area contributed by atoms with E-state index in [-0.39, 0.29) is 23.5 Å². The normalized spacial score (nSPS) is 15.0. The van der Waals surface area contributed by atoms with Crippen LogP contribution in [0.15, 0.2) is 24.4 Å². The molecule has 5 heterocycles. The second kappa shape index (κ2) is 8.27. The lowest BCUT2D eigenvalue weighted by Crippen LogP contribution is -2.35. The Hall–Kier alpha value is -3.82. The molecule has 0 spiro atoms. The highest BCUT2D eigenvalue weighted by molar-refractivity contribution is 5.97. The van der Waals surface area contributed by atoms with E-state index in [4.69, 9.17) is 0 Å². The summed E-state index contributed by atoms with van der Waals surface area (Å²) in [5.41, 5.74) is 3.96. The number of rotatable bonds is 4. The number of carbonyl (C=O) groups excluding carboxylic acids is 2. The fourth-order valence-corrected chi connectivity index (χ4v) is 4.40. The second-order valence-electron chi connectivity index (χ2n) is 8.19. The van der Waals surface area contributed by atoms with Gasteiger partial charge < -0.3 is 20.1 Å². The van der Waals surface area contributed by atoms with Crippen molar-refractivity contribution in [2.24, 2.45) is 7.05 Å². The quantitative estimate of drug-likeness (QED) is 0.634. The van der Waals surface area contributed by atoms with E-state index < -0.39 is 5.82 Å². The number of halogens is 1. The van der Waals surface area contributed by atoms with Crippen LogP contribution in [0.25, 0.3) is 11.4 Å². The highest BCUT2D eigenvalue weighted by Crippen LogP contribution is 2.29. The summed E-state index contributed by atoms with van der Waals surface area (Å²) >= 11 is 0. The minimum Gasteiger partial charge on any atom is -0.352 e. The van der Waals surface area contributed by atoms with E-state index >= 15 is 0 Å². The molecule has 3 aromatic heterocycles. The third-order valence-corrected chi connectivity index (χ3v) is 6.18. The molecule has 9 nitrogen and oxygen atoms in total. The number of fused-ring (bicyclic) bond motifs is 2. The maximum atomic E-state index is 14.7. The molecule has 0 aliphatic carbocycles. The van der Waals surface area contributed by atoms with E-state index in [1.807, 2.05) is 22.5 Å². The molecule has 0 fully saturated rings. The van der Waals surface area contributed by atoms with E-state index in [1.54, 1.807) is 19.2 Å². The Kier molecular flexibility index (Phi) is 5.27. The summed E-state index contributed by atoms with van der Waals surface area (Å²) in [7, 11) is 1.80. The van der Waals surface area contributed by atoms with E-state index in [0.29, 0.717) is 56.0 Å². The van der Waals surface area contributed by atoms with Gasteiger partial charge in [-0.3, -0.25) is 9.59 Å². The molecule has 0 aromatic carbocycles. The van der Waals surface area contributed by atoms with Gasteiger partial charge in [-0.15, -0.1) is 0 Å². The Balaban J connectivity index is 1.41. The van der Waals surface area contributed by atoms with E-state index in [9.17, 15) is 14.0 Å². The molecule has 0 unspecified atom stereocenters. The smallest absolute Gasteiger partial charge is 0.253 e. The summed E-state index contributed by atoms with van der Waals surface area (Å²) in [6.45, 7) is 3.60. The molecule has 2 amide bonds. The number of amides is 2. The monoisotopic (exact) mass is 449 g/mol. The lowest BCUT2D eigenvalue weighted by atomic mass is 10.1. The van der Waals surface area contributed by atoms with Crippen molar-refractivity contribution in [3.05, 3.63) is 52.7 Å². The topological polar surface area (TPSA) is 105 Å². The molecular weight excluding hydrogens is 425 g/mol. The molecule has 33 heavy (non-hydrogen) atoms. The van der Waals surface area contributed by atoms with Crippen molar-refractivity contribution in [3.63, 3.8) is 0 Å². The van der Waals surface area contributed by atoms with Crippen molar-refractivity contribution in [2.45, 2.75) is 32.7 Å². The summed E-state index contributed by atoms with van der Waals surface area (Å²) < 4.78 is 16.5. The van der Waals surface area contributed by atoms with Gasteiger partial charge in [0.05, 0.1) is 17.5 Å². The highest BCUT2D eigenvalue weighted by Gasteiger charge is 2.25. The maximum absolute atomic E-state index is 14.7. The molecule has 0 radical (unpaired) electrons. The average molecular weight is 449 g/mol. The number of nitrogens with one attached hydrogen (secondary N) is 2. The van der Waals surface area contributed by atoms with Gasteiger partial charge in [0, 0.05) is 57.3 Å². The molecular formula is C23H24FN7O2. The molecule has 0 saturated heterocycles. The van der Waals surface area contributed by atoms with Crippen LogP contribution in [0, 0.1) is 5.82 Å². The molecule has 5 rings (SSSR count). The van der Waals surface area contributed by atoms with Gasteiger partial charge in [-0.1, -0.05) is 13.0 Å². The molecule has 0 saturated carbocycles. The number of anilines is 2. The van der Waals surface area contributed by atoms with E-state index in [1.165, 1.54) is 0 Å². The van der Waals surface area contributed by atoms with Crippen molar-refractivity contribution in [3.8, 4) is 11.4 Å². The van der Waals surface area contributed by atoms with Gasteiger partial charge in [-0.2, -0.15) is 0 Å². The molecule has 2 aliphatic rings. The Bertz CT molecular complexity index is 1270. The average Bonchev–Trinajstić information content (AvgIpc) is 3.17. The predicted octanol–water partition coefficient (Wildman–Crippen LogP) is 2.34. The molecule has 0 bridgehead atoms. The molecule has 170 valence electrons. The summed E-state index contributed by atoms with van der Waals surface area (Å²) in [6, 6.07) is 5.41. The second-order valence-corrected chi connectivity index (χ2v) is 8.19. The van der Waals surface area contributed by atoms with Gasteiger partial charge in [-0.05, 0) is 17.7 Å². The summed E-state index contributed by atoms with van der Waals surface area (Å²) in [5, 5.41) is 5.86. The zero-order valence-corrected chi connectivity index (χ0v) is 18.5. The number of aromatic nitrogens is 4. The fraction of sp³-hybridized carbons (Fsp3) is 0.348. The van der Waals surface area contributed by atoms with Gasteiger partial charge in [0.25, 0.3) is 5.91 Å². The van der Waals surface area contributed by atoms with Crippen LogP contribution in [0.5, 0.6) is 0 Å². The van der Waals surface area contributed by atoms with Gasteiger partial charge >= 0.3 is 0 Å². The number of pyridine rings is 1. The minimum absolute atomic E-state index is 0.115. The number of hydrogen-bond donors (Lipinski definition) is 2. The molecule has 10 heteroatoms. The lowest BCUT2D eigenvalue weighted by Gasteiger charge is -2.28. The van der Waals surface area contributed by atoms with Gasteiger partial charge in [0.15, 0.2) is 5.82 Å². The molecule has 2 N–H and O–H groups in total. The first-order valence-electron chi connectivity index (χ1n) is 11.0. The number of hydrogen-bond acceptors (Lipinski definition) is 6. The zero-order chi connectivity index (χ0) is 23.1. The van der Waals surface area contributed by atoms with Crippen molar-refractivity contribution in [1.29, 1.82) is 0 Å². The standard InChI is InChI=1S/C23H24FN7O2/c1-3-20(32)31-9-7-16-13(12-31)4-5-19(27-16)28-23-26-11-15(24)21(29-23)18-10-14-17(30(18)2)6-8-25-22(14)33/h4-5,10-11H,3,6-9,12H2,1-2H3,(H,25,33)(H,26,27,28,29). The highest BCUT2D eigenvalue weighted by atomic mass is 19.1. The van der Waals surface area contributed by atoms with Crippen molar-refractivity contribution < 1.29 is 14.0 Å². The summed E-state index contributed by atoms with van der Waals surface area (Å²) in [6.07, 6.45) is 2.95. The van der Waals surface area contributed by atoms with Crippen LogP contribution in [0.4, 0.5) is 16.2 Å². The Morgan fingerprint density at radius 1 is 1.27 bits per heavy atom. The minimum atomic E-state index is -0.571. The third kappa shape index (κ3) is 3.81. The summed E-state index contributed by atoms with van der Waals surface area (Å²) in [5.74, 6) is 0.157. The number of carbonyl (C=O) groups is 2. The van der Waals surface area contributed by atoms with Gasteiger partial charge in [0.1, 0.15) is 11.5 Å². The Morgan fingerprint density at radius 3 is 2.91 bits per heavy atom. The van der Waals surface area contributed by atoms with Crippen LogP contribution in [0.3, 0.4) is 0 Å². The maximum Gasteiger partial charge on any atom is 0.253 e. The Labute approximate surface area is 190 Å². The first-order valence-corrected chi connectivity index (χ1v) is 11.0. The van der Waals surface area contributed by atoms with Crippen LogP contribution in [0.1, 0.15) is 40.7 Å². The van der Waals surface area contributed by atoms with Crippen LogP contribution in [-0.2, 0) is 31.2 Å². The van der Waals surface area contributed by atoms with E-state index in [0.717, 1.165) is 23.1 Å². The molecule has 0 atom stereocenters. The lowest BCUT2D eigenvalue weighted by molar-refractivity contribution is -0.131. The van der Waals surface area contributed by atoms with E-state index in [2.05, 4.69) is 25.6 Å². The fourth-order valence-electron chi connectivity index (χ4n) is 4.40. The predicted molar refractivity (Wildman–Crippen MR) is 119 cm³/mol. The van der Waals surface area contributed by atoms with Crippen molar-refractivity contribution in [2.75, 3.05) is 18.4 Å². The summed E-state index contributed by atoms with van der Waals surface area (Å²) in [4.78, 5) is 39.1. The van der Waals surface area contributed by atoms with Crippen molar-refractivity contribution >= 4 is 23.6 Å². The first-order chi connectivity index (χ1) is 15.9. The Morgan fingerprint density at radius 2 is 2.12 bits per heavy atom. The van der Waals surface area contributed by atoms with Crippen LogP contribution >= 0.6 is 0 Å².